The van der Waals surface area contributed by atoms with Gasteiger partial charge in [-0.15, -0.1) is 0 Å². The van der Waals surface area contributed by atoms with E-state index in [1.54, 1.807) is 22.8 Å². The van der Waals surface area contributed by atoms with Gasteiger partial charge in [-0.2, -0.15) is 0 Å². The van der Waals surface area contributed by atoms with Crippen molar-refractivity contribution in [2.24, 2.45) is 5.92 Å². The Bertz CT molecular complexity index is 649. The minimum absolute atomic E-state index is 0.0995. The Kier molecular flexibility index (Phi) is 3.88. The van der Waals surface area contributed by atoms with E-state index in [9.17, 15) is 9.59 Å². The highest BCUT2D eigenvalue weighted by Gasteiger charge is 2.12. The predicted molar refractivity (Wildman–Crippen MR) is 74.6 cm³/mol. The number of carbonyl (C=O) groups is 1. The Labute approximate surface area is 112 Å². The second-order valence-electron chi connectivity index (χ2n) is 5.15. The molecule has 1 aromatic heterocycles. The van der Waals surface area contributed by atoms with Gasteiger partial charge in [0.15, 0.2) is 11.4 Å². The second kappa shape index (κ2) is 5.43. The van der Waals surface area contributed by atoms with Crippen LogP contribution in [0.3, 0.4) is 0 Å². The normalized spacial score (nSPS) is 11.4. The number of fused-ring (bicyclic) bond motifs is 1. The van der Waals surface area contributed by atoms with Crippen molar-refractivity contribution in [2.75, 3.05) is 0 Å². The molecule has 4 heteroatoms. The molecule has 1 aromatic carbocycles. The predicted octanol–water partition coefficient (Wildman–Crippen LogP) is 3.23. The molecule has 0 aliphatic heterocycles. The number of hydrogen-bond donors (Lipinski definition) is 0. The number of ketones is 1. The fourth-order valence-electron chi connectivity index (χ4n) is 2.10. The van der Waals surface area contributed by atoms with Gasteiger partial charge in [0.2, 0.25) is 0 Å². The number of hydrogen-bond acceptors (Lipinski definition) is 3. The molecule has 0 spiro atoms. The van der Waals surface area contributed by atoms with Crippen molar-refractivity contribution in [3.63, 3.8) is 0 Å². The van der Waals surface area contributed by atoms with Gasteiger partial charge in [-0.1, -0.05) is 13.8 Å². The smallest absolute Gasteiger partial charge is 0.408 e. The van der Waals surface area contributed by atoms with E-state index in [-0.39, 0.29) is 11.5 Å². The molecule has 0 aliphatic rings. The zero-order valence-electron chi connectivity index (χ0n) is 11.6. The molecular formula is C15H19NO3. The highest BCUT2D eigenvalue weighted by molar-refractivity contribution is 5.98. The first-order valence-electron chi connectivity index (χ1n) is 6.69. The van der Waals surface area contributed by atoms with Crippen molar-refractivity contribution >= 4 is 16.9 Å². The standard InChI is InChI=1S/C15H19NO3/c1-4-16-12-7-6-11(9-14(12)19-15(16)18)13(17)8-5-10(2)3/h6-7,9-10H,4-5,8H2,1-3H3. The fourth-order valence-corrected chi connectivity index (χ4v) is 2.10. The van der Waals surface area contributed by atoms with E-state index < -0.39 is 0 Å². The molecule has 0 N–H and O–H groups in total. The largest absolute Gasteiger partial charge is 0.419 e. The summed E-state index contributed by atoms with van der Waals surface area (Å²) in [5.74, 6) is 0.235. The Morgan fingerprint density at radius 3 is 2.74 bits per heavy atom. The summed E-state index contributed by atoms with van der Waals surface area (Å²) in [7, 11) is 0. The summed E-state index contributed by atoms with van der Waals surface area (Å²) >= 11 is 0. The van der Waals surface area contributed by atoms with Crippen molar-refractivity contribution in [1.82, 2.24) is 4.57 Å². The zero-order chi connectivity index (χ0) is 14.0. The Hall–Kier alpha value is -1.84. The molecule has 0 saturated carbocycles. The third-order valence-electron chi connectivity index (χ3n) is 3.26. The summed E-state index contributed by atoms with van der Waals surface area (Å²) in [6, 6.07) is 5.23. The van der Waals surface area contributed by atoms with Gasteiger partial charge < -0.3 is 4.42 Å². The maximum absolute atomic E-state index is 12.0. The average molecular weight is 261 g/mol. The van der Waals surface area contributed by atoms with Crippen LogP contribution < -0.4 is 5.76 Å². The third-order valence-corrected chi connectivity index (χ3v) is 3.26. The number of aromatic nitrogens is 1. The lowest BCUT2D eigenvalue weighted by Gasteiger charge is -2.04. The molecule has 0 bridgehead atoms. The molecule has 19 heavy (non-hydrogen) atoms. The van der Waals surface area contributed by atoms with E-state index >= 15 is 0 Å². The lowest BCUT2D eigenvalue weighted by atomic mass is 10.0. The molecule has 0 atom stereocenters. The number of Topliss-reactive ketones (excluding diaryl/α,β-unsaturated/α-hetero) is 1. The van der Waals surface area contributed by atoms with Crippen LogP contribution >= 0.6 is 0 Å². The molecule has 0 fully saturated rings. The van der Waals surface area contributed by atoms with Gasteiger partial charge in [-0.25, -0.2) is 4.79 Å². The minimum Gasteiger partial charge on any atom is -0.408 e. The lowest BCUT2D eigenvalue weighted by molar-refractivity contribution is 0.0975. The van der Waals surface area contributed by atoms with Crippen LogP contribution in [0.4, 0.5) is 0 Å². The van der Waals surface area contributed by atoms with Crippen molar-refractivity contribution < 1.29 is 9.21 Å². The van der Waals surface area contributed by atoms with Crippen molar-refractivity contribution in [1.29, 1.82) is 0 Å². The van der Waals surface area contributed by atoms with Gasteiger partial charge in [0.1, 0.15) is 0 Å². The van der Waals surface area contributed by atoms with Crippen LogP contribution in [0.2, 0.25) is 0 Å². The topological polar surface area (TPSA) is 52.2 Å². The monoisotopic (exact) mass is 261 g/mol. The quantitative estimate of drug-likeness (QED) is 0.776. The van der Waals surface area contributed by atoms with Crippen LogP contribution in [0.1, 0.15) is 44.0 Å². The summed E-state index contributed by atoms with van der Waals surface area (Å²) in [4.78, 5) is 23.6. The van der Waals surface area contributed by atoms with Gasteiger partial charge in [0.05, 0.1) is 5.52 Å². The van der Waals surface area contributed by atoms with E-state index in [0.717, 1.165) is 11.9 Å². The van der Waals surface area contributed by atoms with E-state index in [4.69, 9.17) is 4.42 Å². The van der Waals surface area contributed by atoms with Gasteiger partial charge in [-0.05, 0) is 37.5 Å². The lowest BCUT2D eigenvalue weighted by Crippen LogP contribution is -2.11. The molecule has 0 saturated heterocycles. The SMILES string of the molecule is CCn1c(=O)oc2cc(C(=O)CCC(C)C)ccc21. The van der Waals surface area contributed by atoms with Crippen molar-refractivity contribution in [2.45, 2.75) is 40.2 Å². The van der Waals surface area contributed by atoms with Crippen LogP contribution in [-0.4, -0.2) is 10.4 Å². The van der Waals surface area contributed by atoms with E-state index in [2.05, 4.69) is 13.8 Å². The first-order chi connectivity index (χ1) is 9.02. The number of oxazole rings is 1. The van der Waals surface area contributed by atoms with Gasteiger partial charge in [0.25, 0.3) is 0 Å². The van der Waals surface area contributed by atoms with Crippen molar-refractivity contribution in [3.05, 3.63) is 34.3 Å². The number of benzene rings is 1. The molecule has 1 heterocycles. The summed E-state index contributed by atoms with van der Waals surface area (Å²) in [5.41, 5.74) is 1.85. The van der Waals surface area contributed by atoms with Crippen LogP contribution in [0.5, 0.6) is 0 Å². The maximum atomic E-state index is 12.0. The zero-order valence-corrected chi connectivity index (χ0v) is 11.6. The number of aryl methyl sites for hydroxylation is 1. The van der Waals surface area contributed by atoms with E-state index in [0.29, 0.717) is 30.0 Å². The van der Waals surface area contributed by atoms with Crippen LogP contribution in [0.15, 0.2) is 27.4 Å². The Morgan fingerprint density at radius 2 is 2.11 bits per heavy atom. The Morgan fingerprint density at radius 1 is 1.37 bits per heavy atom. The minimum atomic E-state index is -0.371. The molecule has 102 valence electrons. The van der Waals surface area contributed by atoms with E-state index in [1.807, 2.05) is 6.92 Å². The molecule has 2 rings (SSSR count). The van der Waals surface area contributed by atoms with Crippen LogP contribution in [-0.2, 0) is 6.54 Å². The number of nitrogens with zero attached hydrogens (tertiary/aromatic N) is 1. The van der Waals surface area contributed by atoms with Gasteiger partial charge in [0, 0.05) is 18.5 Å². The average Bonchev–Trinajstić information content (AvgIpc) is 2.69. The third kappa shape index (κ3) is 2.78. The van der Waals surface area contributed by atoms with E-state index in [1.165, 1.54) is 0 Å². The summed E-state index contributed by atoms with van der Waals surface area (Å²) in [6.07, 6.45) is 1.40. The van der Waals surface area contributed by atoms with Gasteiger partial charge in [-0.3, -0.25) is 9.36 Å². The van der Waals surface area contributed by atoms with Crippen LogP contribution in [0.25, 0.3) is 11.1 Å². The molecule has 0 radical (unpaired) electrons. The number of carbonyl (C=O) groups excluding carboxylic acids is 1. The highest BCUT2D eigenvalue weighted by Crippen LogP contribution is 2.17. The van der Waals surface area contributed by atoms with Crippen LogP contribution in [0, 0.1) is 5.92 Å². The first-order valence-corrected chi connectivity index (χ1v) is 6.69. The molecule has 4 nitrogen and oxygen atoms in total. The highest BCUT2D eigenvalue weighted by atomic mass is 16.4. The molecular weight excluding hydrogens is 242 g/mol. The number of rotatable bonds is 5. The molecule has 0 unspecified atom stereocenters. The summed E-state index contributed by atoms with van der Waals surface area (Å²) in [5, 5.41) is 0. The maximum Gasteiger partial charge on any atom is 0.419 e. The second-order valence-corrected chi connectivity index (χ2v) is 5.15. The molecule has 0 aliphatic carbocycles. The summed E-state index contributed by atoms with van der Waals surface area (Å²) < 4.78 is 6.71. The molecule has 0 amide bonds. The van der Waals surface area contributed by atoms with Crippen molar-refractivity contribution in [3.8, 4) is 0 Å². The Balaban J connectivity index is 2.32. The van der Waals surface area contributed by atoms with Gasteiger partial charge >= 0.3 is 5.76 Å². The summed E-state index contributed by atoms with van der Waals surface area (Å²) in [6.45, 7) is 6.64. The fraction of sp³-hybridized carbons (Fsp3) is 0.467. The molecule has 2 aromatic rings. The first kappa shape index (κ1) is 13.6.